The average Bonchev–Trinajstić information content (AvgIpc) is 1.12. The number of hydrogen-bond donors (Lipinski definition) is 6. The second-order valence-electron chi connectivity index (χ2n) is 1.05. The van der Waals surface area contributed by atoms with E-state index in [1.165, 1.54) is 0 Å². The van der Waals surface area contributed by atoms with Crippen molar-refractivity contribution in [1.29, 1.82) is 0 Å². The van der Waals surface area contributed by atoms with E-state index in [1.807, 2.05) is 0 Å². The Hall–Kier alpha value is 0.347. The fourth-order valence-corrected chi connectivity index (χ4v) is 0. The first-order valence-electron chi connectivity index (χ1n) is 1.59. The molecule has 0 amide bonds. The van der Waals surface area contributed by atoms with Gasteiger partial charge < -0.3 is 19.2 Å². The van der Waals surface area contributed by atoms with Crippen LogP contribution in [0.5, 0.6) is 0 Å². The molecular weight excluding hydrogens is 204 g/mol. The highest BCUT2D eigenvalue weighted by Crippen LogP contribution is 1.67. The van der Waals surface area contributed by atoms with E-state index >= 15 is 0 Å². The van der Waals surface area contributed by atoms with Gasteiger partial charge in [0, 0.05) is 11.2 Å². The van der Waals surface area contributed by atoms with E-state index in [2.05, 4.69) is 11.2 Å². The van der Waals surface area contributed by atoms with Crippen molar-refractivity contribution in [3.63, 3.8) is 0 Å². The zero-order valence-corrected chi connectivity index (χ0v) is 7.04. The molecule has 0 rings (SSSR count). The minimum atomic E-state index is -4.61. The third-order valence-electron chi connectivity index (χ3n) is 0. The number of rotatable bonds is 0. The third-order valence-corrected chi connectivity index (χ3v) is 0. The Morgan fingerprint density at radius 3 is 1.10 bits per heavy atom. The van der Waals surface area contributed by atoms with Crippen molar-refractivity contribution in [2.45, 2.75) is 0 Å². The Bertz CT molecular complexity index is 147. The van der Waals surface area contributed by atoms with Gasteiger partial charge in [0.25, 0.3) is 9.05 Å². The lowest BCUT2D eigenvalue weighted by Gasteiger charge is -1.91. The molecule has 0 aliphatic heterocycles. The maximum atomic E-state index is 9.11. The Kier molecular flexibility index (Phi) is 5.54. The van der Waals surface area contributed by atoms with Gasteiger partial charge in [-0.05, 0) is 0 Å². The molecule has 0 heterocycles. The molecule has 0 radical (unpaired) electrons. The van der Waals surface area contributed by atoms with Gasteiger partial charge in [-0.1, -0.05) is 0 Å². The molecule has 10 heteroatoms. The van der Waals surface area contributed by atoms with Gasteiger partial charge in [-0.25, -0.2) is 0 Å². The van der Waals surface area contributed by atoms with Crippen LogP contribution in [0.4, 0.5) is 0 Å². The monoisotopic (exact) mass is 210 g/mol. The third kappa shape index (κ3) is 3740. The quantitative estimate of drug-likeness (QED) is 0.234. The minimum Gasteiger partial charge on any atom is -0.368 e. The van der Waals surface area contributed by atoms with Crippen molar-refractivity contribution in [3.8, 4) is 0 Å². The van der Waals surface area contributed by atoms with E-state index in [9.17, 15) is 0 Å². The lowest BCUT2D eigenvalue weighted by molar-refractivity contribution is 0.117. The molecule has 10 heavy (non-hydrogen) atoms. The van der Waals surface area contributed by atoms with Gasteiger partial charge in [-0.15, -0.1) is 0 Å². The van der Waals surface area contributed by atoms with Crippen LogP contribution in [-0.2, 0) is 20.2 Å². The van der Waals surface area contributed by atoms with Crippen molar-refractivity contribution in [2.24, 2.45) is 0 Å². The molecule has 0 aliphatic carbocycles. The molecule has 0 aromatic heterocycles. The van der Waals surface area contributed by atoms with Gasteiger partial charge in [-0.3, -0.25) is 9.11 Å². The highest BCUT2D eigenvalue weighted by molar-refractivity contribution is 8.26. The number of hydrogen-bond acceptors (Lipinski definition) is 6. The molecular formula is H6O7S2Si. The highest BCUT2D eigenvalue weighted by atomic mass is 32.9. The molecule has 0 aromatic carbocycles. The predicted octanol–water partition coefficient (Wildman–Crippen LogP) is -2.93. The van der Waals surface area contributed by atoms with E-state index in [1.54, 1.807) is 0 Å². The maximum absolute atomic E-state index is 9.11. The van der Waals surface area contributed by atoms with Crippen LogP contribution >= 0.6 is 0 Å². The summed E-state index contributed by atoms with van der Waals surface area (Å²) in [4.78, 5) is 29.3. The standard InChI is InChI=1S/H4O4Si.H2O3S2/c2*1-5(2,3)4/h1-4H;(H2,1,2,3,4). The molecule has 6 N–H and O–H groups in total. The summed E-state index contributed by atoms with van der Waals surface area (Å²) >= 11 is 3.47. The molecule has 0 aromatic rings. The normalized spacial score (nSPS) is 11.8. The Labute approximate surface area is 62.4 Å². The van der Waals surface area contributed by atoms with Crippen molar-refractivity contribution >= 4 is 29.3 Å². The minimum absolute atomic E-state index is 3.47. The van der Waals surface area contributed by atoms with Crippen molar-refractivity contribution < 1.29 is 32.5 Å². The summed E-state index contributed by atoms with van der Waals surface area (Å²) in [6, 6.07) is 0. The van der Waals surface area contributed by atoms with E-state index in [-0.39, 0.29) is 0 Å². The van der Waals surface area contributed by atoms with Crippen LogP contribution in [0.2, 0.25) is 0 Å². The second-order valence-corrected chi connectivity index (χ2v) is 4.45. The van der Waals surface area contributed by atoms with Crippen molar-refractivity contribution in [2.75, 3.05) is 0 Å². The molecule has 0 unspecified atom stereocenters. The second kappa shape index (κ2) is 4.27. The Balaban J connectivity index is 0. The average molecular weight is 210 g/mol. The largest absolute Gasteiger partial charge is 0.668 e. The van der Waals surface area contributed by atoms with Crippen LogP contribution in [0, 0.1) is 0 Å². The van der Waals surface area contributed by atoms with Gasteiger partial charge in [0.2, 0.25) is 0 Å². The highest BCUT2D eigenvalue weighted by Gasteiger charge is 2.22. The van der Waals surface area contributed by atoms with Gasteiger partial charge in [0.1, 0.15) is 0 Å². The van der Waals surface area contributed by atoms with Crippen LogP contribution in [0.15, 0.2) is 0 Å². The maximum Gasteiger partial charge on any atom is 0.668 e. The molecule has 7 nitrogen and oxygen atoms in total. The van der Waals surface area contributed by atoms with Gasteiger partial charge in [0.15, 0.2) is 0 Å². The van der Waals surface area contributed by atoms with Crippen LogP contribution in [0.25, 0.3) is 0 Å². The summed E-state index contributed by atoms with van der Waals surface area (Å²) < 4.78 is 24.0. The van der Waals surface area contributed by atoms with E-state index < -0.39 is 18.1 Å². The lowest BCUT2D eigenvalue weighted by atomic mass is 15.7. The summed E-state index contributed by atoms with van der Waals surface area (Å²) in [5.74, 6) is 0. The van der Waals surface area contributed by atoms with E-state index in [0.29, 0.717) is 0 Å². The molecule has 0 aliphatic rings. The summed E-state index contributed by atoms with van der Waals surface area (Å²) in [5, 5.41) is 0. The van der Waals surface area contributed by atoms with Gasteiger partial charge in [0.05, 0.1) is 0 Å². The zero-order valence-electron chi connectivity index (χ0n) is 4.41. The molecule has 0 bridgehead atoms. The summed E-state index contributed by atoms with van der Waals surface area (Å²) in [6.07, 6.45) is 0. The van der Waals surface area contributed by atoms with Gasteiger partial charge >= 0.3 is 9.05 Å². The van der Waals surface area contributed by atoms with Crippen molar-refractivity contribution in [1.82, 2.24) is 0 Å². The first-order chi connectivity index (χ1) is 4.00. The molecule has 0 saturated heterocycles. The summed E-state index contributed by atoms with van der Waals surface area (Å²) in [6.45, 7) is 0. The van der Waals surface area contributed by atoms with E-state index in [0.717, 1.165) is 0 Å². The summed E-state index contributed by atoms with van der Waals surface area (Å²) in [5.41, 5.74) is 0. The Morgan fingerprint density at radius 2 is 1.10 bits per heavy atom. The van der Waals surface area contributed by atoms with Crippen LogP contribution < -0.4 is 0 Å². The molecule has 0 atom stereocenters. The van der Waals surface area contributed by atoms with Gasteiger partial charge in [-0.2, -0.15) is 4.21 Å². The zero-order chi connectivity index (χ0) is 9.00. The topological polar surface area (TPSA) is 138 Å². The fourth-order valence-electron chi connectivity index (χ4n) is 0. The molecule has 0 saturated carbocycles. The fraction of sp³-hybridized carbons (Fsp3) is 0. The lowest BCUT2D eigenvalue weighted by Crippen LogP contribution is -2.33. The molecule has 0 spiro atoms. The summed E-state index contributed by atoms with van der Waals surface area (Å²) in [7, 11) is -8.44. The van der Waals surface area contributed by atoms with Crippen LogP contribution in [-0.4, -0.2) is 41.5 Å². The first kappa shape index (κ1) is 13.0. The molecule has 0 fully saturated rings. The Morgan fingerprint density at radius 1 is 1.10 bits per heavy atom. The van der Waals surface area contributed by atoms with Crippen LogP contribution in [0.1, 0.15) is 0 Å². The molecule has 64 valence electrons. The van der Waals surface area contributed by atoms with Crippen LogP contribution in [0.3, 0.4) is 0 Å². The SMILES string of the molecule is O=S(O)(O)=S.O[Si](O)(O)O. The predicted molar refractivity (Wildman–Crippen MR) is 35.4 cm³/mol. The smallest absolute Gasteiger partial charge is 0.368 e. The van der Waals surface area contributed by atoms with E-state index in [4.69, 9.17) is 32.5 Å². The first-order valence-corrected chi connectivity index (χ1v) is 5.78. The van der Waals surface area contributed by atoms with Crippen molar-refractivity contribution in [3.05, 3.63) is 0 Å².